The Hall–Kier alpha value is 30.1. The quantitative estimate of drug-likeness (QED) is 0.0121. The molecule has 0 unspecified atom stereocenters. The Labute approximate surface area is 1170 Å². The first-order valence-electron chi connectivity index (χ1n) is 36.0. The Morgan fingerprint density at radius 2 is 0.681 bits per heavy atom. The number of anilines is 2. The summed E-state index contributed by atoms with van der Waals surface area (Å²) in [5.74, 6) is 3.08. The summed E-state index contributed by atoms with van der Waals surface area (Å²) in [5.41, 5.74) is 5.93. The Kier molecular flexibility index (Phi) is 103. The number of nitrogens with one attached hydrogen (secondary N) is 2. The average Bonchev–Trinajstić information content (AvgIpc) is 1.41. The summed E-state index contributed by atoms with van der Waals surface area (Å²) in [5, 5.41) is 14.7. The molecule has 6 aliphatic rings. The van der Waals surface area contributed by atoms with Gasteiger partial charge in [0, 0.05) is 43.6 Å². The van der Waals surface area contributed by atoms with E-state index in [1.165, 1.54) is 6.92 Å². The number of para-hydroxylation sites is 2. The van der Waals surface area contributed by atoms with E-state index in [9.17, 15) is 14.4 Å². The molecule has 8 aromatic rings. The molecule has 0 saturated carbocycles. The third-order valence-electron chi connectivity index (χ3n) is 17.4. The van der Waals surface area contributed by atoms with Crippen LogP contribution in [-0.4, -0.2) is 106 Å². The second-order valence-electron chi connectivity index (χ2n) is 25.4. The molecule has 16 nitrogen and oxygen atoms in total. The van der Waals surface area contributed by atoms with E-state index in [-0.39, 0.29) is 63.3 Å². The summed E-state index contributed by atoms with van der Waals surface area (Å²) in [4.78, 5) is 47.6. The Morgan fingerprint density at radius 3 is 0.949 bits per heavy atom. The summed E-state index contributed by atoms with van der Waals surface area (Å²) in [6.07, 6.45) is 5.54. The molecule has 4 atom stereocenters. The van der Waals surface area contributed by atoms with Gasteiger partial charge in [0.05, 0.1) is 38.4 Å². The van der Waals surface area contributed by atoms with Gasteiger partial charge in [-0.2, -0.15) is 9.97 Å². The van der Waals surface area contributed by atoms with Crippen molar-refractivity contribution in [1.29, 1.82) is 0 Å². The Balaban J connectivity index is 0.000000338. The second-order valence-corrected chi connectivity index (χ2v) is 1240. The zero-order chi connectivity index (χ0) is 99.1. The maximum absolute atomic E-state index is 13.6. The van der Waals surface area contributed by atoms with Crippen LogP contribution in [0, 0.1) is 11.8 Å². The number of hydrogen-bond donors (Lipinski definition) is 2. The molecule has 0 aliphatic carbocycles. The van der Waals surface area contributed by atoms with Gasteiger partial charge in [0.15, 0.2) is 24.0 Å². The molecule has 820 valence electrons. The number of hydrogen-bond acceptors (Lipinski definition) is 15. The number of rotatable bonds is 42. The molecule has 6 saturated heterocycles. The van der Waals surface area contributed by atoms with Crippen LogP contribution in [-0.2, 0) is 53.9 Å². The van der Waals surface area contributed by atoms with Gasteiger partial charge in [-0.15, -0.1) is 11.6 Å². The largest absolute Gasteiger partial charge is 1.00 e. The van der Waals surface area contributed by atoms with E-state index in [4.69, 9.17) is 35.1 Å². The number of esters is 3. The molecule has 4 bridgehead atoms. The molecule has 6 aromatic carbocycles. The van der Waals surface area contributed by atoms with Crippen LogP contribution in [0.5, 0.6) is 0 Å². The van der Waals surface area contributed by atoms with E-state index in [1.807, 2.05) is 170 Å². The number of carbonyl (C=O) groups excluding carboxylic acids is 3. The van der Waals surface area contributed by atoms with Crippen molar-refractivity contribution >= 4 is 741 Å². The van der Waals surface area contributed by atoms with Crippen LogP contribution < -0.4 is 23.0 Å². The van der Waals surface area contributed by atoms with Gasteiger partial charge in [-0.05, 0) is 85.3 Å². The van der Waals surface area contributed by atoms with Crippen molar-refractivity contribution in [2.75, 3.05) is 56.5 Å². The van der Waals surface area contributed by atoms with E-state index in [2.05, 4.69) is 550 Å². The zero-order valence-corrected chi connectivity index (χ0v) is 181. The fraction of sp³-hybridized carbons (Fsp3) is 0.368. The van der Waals surface area contributed by atoms with Crippen molar-refractivity contribution in [3.05, 3.63) is 228 Å². The number of halogens is 54. The van der Waals surface area contributed by atoms with Crippen molar-refractivity contribution in [2.45, 2.75) is 104 Å². The first-order chi connectivity index (χ1) is 64.2. The van der Waals surface area contributed by atoms with Gasteiger partial charge in [0.1, 0.15) is 19.2 Å². The van der Waals surface area contributed by atoms with Crippen LogP contribution in [0.1, 0.15) is 112 Å². The van der Waals surface area contributed by atoms with E-state index in [1.54, 1.807) is 6.92 Å². The maximum atomic E-state index is 13.6. The van der Waals surface area contributed by atoms with E-state index in [0.29, 0.717) is 55.4 Å². The van der Waals surface area contributed by atoms with Crippen LogP contribution >= 0.6 is 712 Å². The van der Waals surface area contributed by atoms with Crippen molar-refractivity contribution < 1.29 is 54.5 Å². The minimum Gasteiger partial charge on any atom is -1.00 e. The number of fused-ring (bicyclic) bond motifs is 6. The molecule has 14 rings (SSSR count). The molecule has 2 aromatic heterocycles. The third kappa shape index (κ3) is 57.3. The minimum atomic E-state index is -0.583. The van der Waals surface area contributed by atoms with Gasteiger partial charge in [-0.25, -0.2) is 9.59 Å². The van der Waals surface area contributed by atoms with Gasteiger partial charge >= 0.3 is 718 Å². The van der Waals surface area contributed by atoms with Crippen molar-refractivity contribution in [1.82, 2.24) is 25.2 Å². The second kappa shape index (κ2) is 89.4. The number of quaternary nitrogens is 1. The van der Waals surface area contributed by atoms with Crippen LogP contribution in [0.15, 0.2) is 191 Å². The molecule has 8 heterocycles. The van der Waals surface area contributed by atoms with E-state index < -0.39 is 209 Å². The number of alkyl halides is 1. The summed E-state index contributed by atoms with van der Waals surface area (Å²) in [7, 11) is -13.5. The Morgan fingerprint density at radius 1 is 0.406 bits per heavy atom. The predicted molar refractivity (Wildman–Crippen MR) is 1060 cm³/mol. The predicted octanol–water partition coefficient (Wildman–Crippen LogP) is 55.9. The number of carbonyl (C=O) groups is 3. The van der Waals surface area contributed by atoms with Crippen LogP contribution in [0.4, 0.5) is 11.4 Å². The first kappa shape index (κ1) is 158. The summed E-state index contributed by atoms with van der Waals surface area (Å²) >= 11 is 94.0. The van der Waals surface area contributed by atoms with Gasteiger partial charge in [-0.3, -0.25) is 9.69 Å². The third-order valence-corrected chi connectivity index (χ3v) is 3980. The number of piperidine rings is 6. The van der Waals surface area contributed by atoms with Crippen LogP contribution in [0.25, 0.3) is 0 Å². The monoisotopic (exact) mass is 7810 g/mol. The topological polar surface area (TPSA) is 184 Å². The number of benzene rings is 6. The molecular formula is C68H82Cl2I52N8O8. The van der Waals surface area contributed by atoms with E-state index >= 15 is 0 Å². The number of aromatic nitrogens is 4. The standard InChI is InChI=1S/C31H33N4O3.C21H24N2O2.C10H9ClN2O.C4H8O2.2CH4.ClH.I52/c36-31(30(25-12-6-2-7-13-25)32-26-14-8-3-9-15-26)37-27-21-35(18-16-24(27)17-19-35)22-28-33-29(38-34-28)20-23-10-4-1-5-11-23;24-21(25-19-15-23-13-11-16(19)12-14-23)20(17-7-3-1-4-8-17)22-18-9-5-2-6-10-18;11-7-9-12-10(14-13-9)6-8-4-2-1-3-5-8;1-3-6-4(2)5;;;;1-28(2)30(5)32(7)34(9)36(11)38(13)40(15)42(17)44(19)46(21)48(23)50(25)52(27)51(26)49(24)47(22)45(20)43(18)41(16)39(14)37(12)35(10)33(8)31(6)29(3)4/h1-15,24,27,30,32H,16-22H2;1-10,16,19-20,22H,11-15H2;1-5H,6-7H2;3H2,1-2H3;2*1H4;1H;/q+1;;;;;;;/p-1/t24?,27-,30+,35?;19-,20+;;;;;;/m00....../s1. The molecule has 0 spiro atoms. The molecule has 6 aliphatic heterocycles. The molecule has 0 amide bonds. The molecule has 2 N–H and O–H groups in total. The SMILES string of the molecule is C.C.CCOC(C)=O.ClCc1noc(Cc2ccccc2)n1.II(I)I(I)I(I)I(I)I(I)I(I)I(I)I(I)I(I)I(I)I(I)I(I)I(I)I(I)I(I)I(I)I(I)I(I)I(I)I(I)I(I)I(I)I(I)I(I)I(I)I.O=C(O[C@H]1CN2CCC1CC2)[C@H](Nc1ccccc1)c1ccccc1.O=C(O[C@H]1C[N+]2(Cc3noc(Cc4ccccc4)n3)CCC1CC2)[C@H](Nc1ccccc1)c1ccccc1.[Cl-]. The molecule has 0 radical (unpaired) electrons. The molecular weight excluding hydrogens is 7730 g/mol. The minimum absolute atomic E-state index is 0. The maximum Gasteiger partial charge on any atom is 0.333 e. The normalized spacial score (nSPS) is 19.6. The molecule has 6 fully saturated rings. The van der Waals surface area contributed by atoms with Crippen molar-refractivity contribution in [3.8, 4) is 0 Å². The van der Waals surface area contributed by atoms with Gasteiger partial charge < -0.3 is 50.8 Å². The van der Waals surface area contributed by atoms with Crippen LogP contribution in [0.3, 0.4) is 0 Å². The van der Waals surface area contributed by atoms with Gasteiger partial charge in [0.25, 0.3) is 0 Å². The first-order valence-corrected chi connectivity index (χ1v) is 357. The molecule has 138 heavy (non-hydrogen) atoms. The number of ether oxygens (including phenoxy) is 3. The van der Waals surface area contributed by atoms with Crippen LogP contribution in [0.2, 0.25) is 0 Å². The zero-order valence-electron chi connectivity index (χ0n) is 67.3. The Bertz CT molecular complexity index is 4670. The molecule has 70 heteroatoms. The van der Waals surface area contributed by atoms with Gasteiger partial charge in [-0.1, -0.05) is 183 Å². The fourth-order valence-electron chi connectivity index (χ4n) is 11.9. The fourth-order valence-corrected chi connectivity index (χ4v) is 9650. The smallest absolute Gasteiger partial charge is 0.333 e. The summed E-state index contributed by atoms with van der Waals surface area (Å²) in [6, 6.07) is 58.3. The summed E-state index contributed by atoms with van der Waals surface area (Å²) < 4.78 is 28.1. The average molecular weight is 7810 g/mol. The number of nitrogens with zero attached hydrogens (tertiary/aromatic N) is 6. The summed E-state index contributed by atoms with van der Waals surface area (Å²) in [6.45, 7) is 10.4. The van der Waals surface area contributed by atoms with Gasteiger partial charge in [0.2, 0.25) is 17.6 Å². The van der Waals surface area contributed by atoms with Crippen molar-refractivity contribution in [3.63, 3.8) is 0 Å². The van der Waals surface area contributed by atoms with E-state index in [0.717, 1.165) is 109 Å². The van der Waals surface area contributed by atoms with Crippen molar-refractivity contribution in [2.24, 2.45) is 11.8 Å².